The number of esters is 1. The molecule has 0 radical (unpaired) electrons. The summed E-state index contributed by atoms with van der Waals surface area (Å²) in [6.07, 6.45) is 0.160. The van der Waals surface area contributed by atoms with Crippen LogP contribution in [0.4, 0.5) is 0 Å². The summed E-state index contributed by atoms with van der Waals surface area (Å²) in [4.78, 5) is 29.6. The highest BCUT2D eigenvalue weighted by Gasteiger charge is 2.13. The molecule has 136 valence electrons. The van der Waals surface area contributed by atoms with E-state index in [1.54, 1.807) is 29.9 Å². The van der Waals surface area contributed by atoms with Crippen molar-refractivity contribution in [3.05, 3.63) is 44.3 Å². The number of thiazole rings is 1. The number of aromatic nitrogens is 1. The minimum absolute atomic E-state index is 0.0280. The number of thiophene rings is 1. The second-order valence-corrected chi connectivity index (χ2v) is 8.08. The molecule has 9 heteroatoms. The number of hydrogen-bond acceptors (Lipinski definition) is 6. The maximum Gasteiger partial charge on any atom is 0.325 e. The zero-order valence-corrected chi connectivity index (χ0v) is 16.4. The molecule has 1 aromatic carbocycles. The Kier molecular flexibility index (Phi) is 5.75. The largest absolute Gasteiger partial charge is 0.497 e. The van der Waals surface area contributed by atoms with Crippen LogP contribution in [-0.4, -0.2) is 30.7 Å². The summed E-state index contributed by atoms with van der Waals surface area (Å²) >= 11 is 8.56. The van der Waals surface area contributed by atoms with Gasteiger partial charge in [-0.3, -0.25) is 9.59 Å². The lowest BCUT2D eigenvalue weighted by atomic mass is 10.3. The predicted molar refractivity (Wildman–Crippen MR) is 102 cm³/mol. The SMILES string of the molecule is COC(=O)Cn1c(=NC(=O)Cc2ccc(Cl)s2)sc2cc(OC)ccc21. The molecular weight excluding hydrogens is 396 g/mol. The van der Waals surface area contributed by atoms with E-state index in [-0.39, 0.29) is 18.9 Å². The molecule has 0 atom stereocenters. The molecule has 0 N–H and O–H groups in total. The average Bonchev–Trinajstić information content (AvgIpc) is 3.17. The molecule has 0 fully saturated rings. The topological polar surface area (TPSA) is 69.9 Å². The number of hydrogen-bond donors (Lipinski definition) is 0. The quantitative estimate of drug-likeness (QED) is 0.605. The van der Waals surface area contributed by atoms with Crippen molar-refractivity contribution in [2.24, 2.45) is 4.99 Å². The zero-order valence-electron chi connectivity index (χ0n) is 14.0. The predicted octanol–water partition coefficient (Wildman–Crippen LogP) is 3.27. The summed E-state index contributed by atoms with van der Waals surface area (Å²) in [6.45, 7) is -0.0280. The molecule has 0 unspecified atom stereocenters. The fourth-order valence-electron chi connectivity index (χ4n) is 2.35. The van der Waals surface area contributed by atoms with Crippen LogP contribution in [0.25, 0.3) is 10.2 Å². The third-order valence-electron chi connectivity index (χ3n) is 3.58. The van der Waals surface area contributed by atoms with Crippen molar-refractivity contribution < 1.29 is 19.1 Å². The molecule has 6 nitrogen and oxygen atoms in total. The fraction of sp³-hybridized carbons (Fsp3) is 0.235. The minimum atomic E-state index is -0.417. The Morgan fingerprint density at radius 3 is 2.65 bits per heavy atom. The molecule has 0 aliphatic rings. The smallest absolute Gasteiger partial charge is 0.325 e. The van der Waals surface area contributed by atoms with E-state index in [1.165, 1.54) is 29.8 Å². The van der Waals surface area contributed by atoms with Gasteiger partial charge in [-0.05, 0) is 30.3 Å². The first-order valence-corrected chi connectivity index (χ1v) is 9.57. The molecule has 0 aliphatic carbocycles. The molecule has 2 aromatic heterocycles. The molecule has 3 rings (SSSR count). The zero-order chi connectivity index (χ0) is 18.7. The summed E-state index contributed by atoms with van der Waals surface area (Å²) in [6, 6.07) is 9.02. The number of ether oxygens (including phenoxy) is 2. The summed E-state index contributed by atoms with van der Waals surface area (Å²) in [5, 5.41) is 0. The Morgan fingerprint density at radius 2 is 2.00 bits per heavy atom. The van der Waals surface area contributed by atoms with Crippen molar-refractivity contribution in [1.29, 1.82) is 0 Å². The van der Waals surface area contributed by atoms with Gasteiger partial charge in [0.1, 0.15) is 12.3 Å². The van der Waals surface area contributed by atoms with Crippen molar-refractivity contribution in [2.75, 3.05) is 14.2 Å². The summed E-state index contributed by atoms with van der Waals surface area (Å²) in [5.41, 5.74) is 0.784. The van der Waals surface area contributed by atoms with Gasteiger partial charge in [-0.25, -0.2) is 0 Å². The summed E-state index contributed by atoms with van der Waals surface area (Å²) in [7, 11) is 2.90. The number of carbonyl (C=O) groups excluding carboxylic acids is 2. The van der Waals surface area contributed by atoms with Crippen LogP contribution in [0, 0.1) is 0 Å². The van der Waals surface area contributed by atoms with Gasteiger partial charge in [0.25, 0.3) is 5.91 Å². The van der Waals surface area contributed by atoms with Gasteiger partial charge in [0.2, 0.25) is 0 Å². The first-order valence-electron chi connectivity index (χ1n) is 7.56. The van der Waals surface area contributed by atoms with Crippen LogP contribution in [0.3, 0.4) is 0 Å². The number of rotatable bonds is 5. The molecule has 0 bridgehead atoms. The Morgan fingerprint density at radius 1 is 1.19 bits per heavy atom. The minimum Gasteiger partial charge on any atom is -0.497 e. The molecule has 0 saturated carbocycles. The Bertz CT molecular complexity index is 1030. The lowest BCUT2D eigenvalue weighted by molar-refractivity contribution is -0.141. The lowest BCUT2D eigenvalue weighted by Gasteiger charge is -2.04. The second kappa shape index (κ2) is 8.03. The van der Waals surface area contributed by atoms with Gasteiger partial charge in [-0.15, -0.1) is 11.3 Å². The fourth-order valence-corrected chi connectivity index (χ4v) is 4.51. The van der Waals surface area contributed by atoms with Gasteiger partial charge >= 0.3 is 5.97 Å². The van der Waals surface area contributed by atoms with E-state index in [4.69, 9.17) is 21.1 Å². The number of halogens is 1. The number of carbonyl (C=O) groups is 2. The van der Waals surface area contributed by atoms with Crippen molar-refractivity contribution >= 4 is 56.4 Å². The van der Waals surface area contributed by atoms with E-state index >= 15 is 0 Å². The molecule has 26 heavy (non-hydrogen) atoms. The normalized spacial score (nSPS) is 11.7. The molecule has 2 heterocycles. The van der Waals surface area contributed by atoms with Crippen LogP contribution < -0.4 is 9.54 Å². The monoisotopic (exact) mass is 410 g/mol. The van der Waals surface area contributed by atoms with Crippen molar-refractivity contribution in [2.45, 2.75) is 13.0 Å². The van der Waals surface area contributed by atoms with E-state index in [0.717, 1.165) is 15.1 Å². The van der Waals surface area contributed by atoms with Crippen LogP contribution in [-0.2, 0) is 27.3 Å². The first-order chi connectivity index (χ1) is 12.5. The van der Waals surface area contributed by atoms with Gasteiger partial charge in [0, 0.05) is 4.88 Å². The third kappa shape index (κ3) is 4.14. The van der Waals surface area contributed by atoms with E-state index in [0.29, 0.717) is 14.9 Å². The lowest BCUT2D eigenvalue weighted by Crippen LogP contribution is -2.22. The second-order valence-electron chi connectivity index (χ2n) is 5.27. The number of amides is 1. The van der Waals surface area contributed by atoms with Crippen molar-refractivity contribution in [3.8, 4) is 5.75 Å². The Hall–Kier alpha value is -2.16. The molecule has 3 aromatic rings. The highest BCUT2D eigenvalue weighted by Crippen LogP contribution is 2.24. The number of fused-ring (bicyclic) bond motifs is 1. The molecular formula is C17H15ClN2O4S2. The summed E-state index contributed by atoms with van der Waals surface area (Å²) in [5.74, 6) is -0.0322. The number of benzene rings is 1. The van der Waals surface area contributed by atoms with E-state index in [9.17, 15) is 9.59 Å². The Labute approximate surface area is 162 Å². The number of nitrogens with zero attached hydrogens (tertiary/aromatic N) is 2. The highest BCUT2D eigenvalue weighted by atomic mass is 35.5. The standard InChI is InChI=1S/C17H15ClN2O4S2/c1-23-10-3-5-12-13(7-10)26-17(20(12)9-16(22)24-2)19-15(21)8-11-4-6-14(18)25-11/h3-7H,8-9H2,1-2H3. The van der Waals surface area contributed by atoms with Crippen LogP contribution in [0.1, 0.15) is 4.88 Å². The van der Waals surface area contributed by atoms with Gasteiger partial charge in [-0.2, -0.15) is 4.99 Å². The number of methoxy groups -OCH3 is 2. The van der Waals surface area contributed by atoms with Crippen LogP contribution in [0.15, 0.2) is 35.3 Å². The Balaban J connectivity index is 2.02. The highest BCUT2D eigenvalue weighted by molar-refractivity contribution is 7.16. The van der Waals surface area contributed by atoms with Gasteiger partial charge in [0.05, 0.1) is 35.2 Å². The van der Waals surface area contributed by atoms with Gasteiger partial charge < -0.3 is 14.0 Å². The van der Waals surface area contributed by atoms with Crippen molar-refractivity contribution in [1.82, 2.24) is 4.57 Å². The van der Waals surface area contributed by atoms with Gasteiger partial charge in [-0.1, -0.05) is 22.9 Å². The molecule has 0 aliphatic heterocycles. The van der Waals surface area contributed by atoms with Crippen molar-refractivity contribution in [3.63, 3.8) is 0 Å². The van der Waals surface area contributed by atoms with Crippen LogP contribution >= 0.6 is 34.3 Å². The average molecular weight is 411 g/mol. The van der Waals surface area contributed by atoms with Gasteiger partial charge in [0.15, 0.2) is 4.80 Å². The summed E-state index contributed by atoms with van der Waals surface area (Å²) < 4.78 is 13.1. The first kappa shape index (κ1) is 18.6. The van der Waals surface area contributed by atoms with E-state index < -0.39 is 5.97 Å². The van der Waals surface area contributed by atoms with Crippen LogP contribution in [0.2, 0.25) is 4.34 Å². The molecule has 0 spiro atoms. The maximum atomic E-state index is 12.3. The molecule has 0 saturated heterocycles. The van der Waals surface area contributed by atoms with E-state index in [1.807, 2.05) is 12.1 Å². The molecule has 1 amide bonds. The van der Waals surface area contributed by atoms with E-state index in [2.05, 4.69) is 4.99 Å². The van der Waals surface area contributed by atoms with Crippen LogP contribution in [0.5, 0.6) is 5.75 Å². The third-order valence-corrected chi connectivity index (χ3v) is 5.85. The maximum absolute atomic E-state index is 12.3.